The first-order chi connectivity index (χ1) is 9.53. The normalized spacial score (nSPS) is 18.9. The highest BCUT2D eigenvalue weighted by Crippen LogP contribution is 2.36. The predicted octanol–water partition coefficient (Wildman–Crippen LogP) is 2.27. The van der Waals surface area contributed by atoms with Gasteiger partial charge in [-0.15, -0.1) is 0 Å². The molecule has 1 heterocycles. The summed E-state index contributed by atoms with van der Waals surface area (Å²) < 4.78 is 6.95. The molecule has 0 aliphatic heterocycles. The Morgan fingerprint density at radius 3 is 2.40 bits per heavy atom. The van der Waals surface area contributed by atoms with Crippen LogP contribution in [0.15, 0.2) is 6.20 Å². The SMILES string of the molecule is COc1cnn(C)c1C(=O)C1(N(C)C)CCCCCC1. The largest absolute Gasteiger partial charge is 0.493 e. The summed E-state index contributed by atoms with van der Waals surface area (Å²) >= 11 is 0. The van der Waals surface area contributed by atoms with Crippen LogP contribution in [0.4, 0.5) is 0 Å². The van der Waals surface area contributed by atoms with E-state index in [2.05, 4.69) is 10.00 Å². The van der Waals surface area contributed by atoms with E-state index >= 15 is 0 Å². The summed E-state index contributed by atoms with van der Waals surface area (Å²) in [6, 6.07) is 0. The van der Waals surface area contributed by atoms with Crippen LogP contribution >= 0.6 is 0 Å². The lowest BCUT2D eigenvalue weighted by Crippen LogP contribution is -2.51. The van der Waals surface area contributed by atoms with Crippen LogP contribution in [0.2, 0.25) is 0 Å². The number of ketones is 1. The molecule has 0 unspecified atom stereocenters. The van der Waals surface area contributed by atoms with Gasteiger partial charge in [-0.05, 0) is 26.9 Å². The van der Waals surface area contributed by atoms with Gasteiger partial charge >= 0.3 is 0 Å². The summed E-state index contributed by atoms with van der Waals surface area (Å²) in [5, 5.41) is 4.17. The van der Waals surface area contributed by atoms with E-state index in [0.29, 0.717) is 11.4 Å². The molecule has 112 valence electrons. The number of carbonyl (C=O) groups is 1. The Labute approximate surface area is 120 Å². The van der Waals surface area contributed by atoms with Gasteiger partial charge in [0.15, 0.2) is 5.75 Å². The van der Waals surface area contributed by atoms with Gasteiger partial charge in [0.25, 0.3) is 0 Å². The molecule has 1 aromatic rings. The zero-order valence-corrected chi connectivity index (χ0v) is 13.0. The van der Waals surface area contributed by atoms with Crippen molar-refractivity contribution in [2.75, 3.05) is 21.2 Å². The summed E-state index contributed by atoms with van der Waals surface area (Å²) in [7, 11) is 7.40. The average Bonchev–Trinajstić information content (AvgIpc) is 2.65. The maximum Gasteiger partial charge on any atom is 0.204 e. The van der Waals surface area contributed by atoms with Gasteiger partial charge in [0.2, 0.25) is 5.78 Å². The van der Waals surface area contributed by atoms with Crippen molar-refractivity contribution in [3.8, 4) is 5.75 Å². The van der Waals surface area contributed by atoms with Crippen molar-refractivity contribution in [3.05, 3.63) is 11.9 Å². The van der Waals surface area contributed by atoms with Gasteiger partial charge in [-0.1, -0.05) is 25.7 Å². The van der Waals surface area contributed by atoms with Crippen LogP contribution < -0.4 is 4.74 Å². The lowest BCUT2D eigenvalue weighted by molar-refractivity contribution is 0.0621. The van der Waals surface area contributed by atoms with Crippen molar-refractivity contribution in [1.29, 1.82) is 0 Å². The van der Waals surface area contributed by atoms with Crippen molar-refractivity contribution in [2.24, 2.45) is 7.05 Å². The van der Waals surface area contributed by atoms with E-state index in [0.717, 1.165) is 25.7 Å². The molecule has 0 N–H and O–H groups in total. The summed E-state index contributed by atoms with van der Waals surface area (Å²) in [4.78, 5) is 15.3. The van der Waals surface area contributed by atoms with Gasteiger partial charge in [0, 0.05) is 7.05 Å². The zero-order chi connectivity index (χ0) is 14.8. The van der Waals surface area contributed by atoms with Crippen LogP contribution in [0.5, 0.6) is 5.75 Å². The van der Waals surface area contributed by atoms with E-state index in [1.807, 2.05) is 14.1 Å². The van der Waals surface area contributed by atoms with Gasteiger partial charge in [-0.2, -0.15) is 5.10 Å². The number of carbonyl (C=O) groups excluding carboxylic acids is 1. The first kappa shape index (κ1) is 15.0. The predicted molar refractivity (Wildman–Crippen MR) is 78.2 cm³/mol. The van der Waals surface area contributed by atoms with Crippen LogP contribution in [0.3, 0.4) is 0 Å². The van der Waals surface area contributed by atoms with Crippen molar-refractivity contribution in [3.63, 3.8) is 0 Å². The van der Waals surface area contributed by atoms with E-state index in [4.69, 9.17) is 4.74 Å². The van der Waals surface area contributed by atoms with Crippen LogP contribution in [0, 0.1) is 0 Å². The number of aromatic nitrogens is 2. The first-order valence-electron chi connectivity index (χ1n) is 7.31. The lowest BCUT2D eigenvalue weighted by Gasteiger charge is -2.38. The Bertz CT molecular complexity index is 471. The Kier molecular flexibility index (Phi) is 4.48. The van der Waals surface area contributed by atoms with Crippen LogP contribution in [-0.4, -0.2) is 47.2 Å². The van der Waals surface area contributed by atoms with E-state index in [-0.39, 0.29) is 5.78 Å². The highest BCUT2D eigenvalue weighted by Gasteiger charge is 2.43. The second-order valence-corrected chi connectivity index (χ2v) is 5.85. The number of aryl methyl sites for hydroxylation is 1. The molecule has 2 rings (SSSR count). The fourth-order valence-electron chi connectivity index (χ4n) is 3.24. The van der Waals surface area contributed by atoms with E-state index < -0.39 is 5.54 Å². The number of methoxy groups -OCH3 is 1. The first-order valence-corrected chi connectivity index (χ1v) is 7.31. The molecule has 0 amide bonds. The quantitative estimate of drug-likeness (QED) is 0.626. The molecule has 0 saturated heterocycles. The smallest absolute Gasteiger partial charge is 0.204 e. The molecule has 1 aliphatic rings. The van der Waals surface area contributed by atoms with Crippen molar-refractivity contribution in [2.45, 2.75) is 44.1 Å². The monoisotopic (exact) mass is 279 g/mol. The Balaban J connectivity index is 2.43. The van der Waals surface area contributed by atoms with Crippen molar-refractivity contribution in [1.82, 2.24) is 14.7 Å². The third-order valence-corrected chi connectivity index (χ3v) is 4.55. The zero-order valence-electron chi connectivity index (χ0n) is 13.0. The van der Waals surface area contributed by atoms with E-state index in [1.165, 1.54) is 12.8 Å². The molecule has 5 nitrogen and oxygen atoms in total. The standard InChI is InChI=1S/C15H25N3O2/c1-17(2)15(9-7-5-6-8-10-15)14(19)13-12(20-4)11-16-18(13)3/h11H,5-10H2,1-4H3. The molecule has 1 fully saturated rings. The van der Waals surface area contributed by atoms with Crippen molar-refractivity contribution < 1.29 is 9.53 Å². The fraction of sp³-hybridized carbons (Fsp3) is 0.733. The number of ether oxygens (including phenoxy) is 1. The average molecular weight is 279 g/mol. The Morgan fingerprint density at radius 2 is 1.90 bits per heavy atom. The molecule has 0 bridgehead atoms. The van der Waals surface area contributed by atoms with Gasteiger partial charge < -0.3 is 4.74 Å². The minimum absolute atomic E-state index is 0.140. The number of rotatable bonds is 4. The van der Waals surface area contributed by atoms with Crippen LogP contribution in [0.1, 0.15) is 49.0 Å². The molecule has 0 atom stereocenters. The Morgan fingerprint density at radius 1 is 1.30 bits per heavy atom. The summed E-state index contributed by atoms with van der Waals surface area (Å²) in [6.07, 6.45) is 8.07. The molecular weight excluding hydrogens is 254 g/mol. The topological polar surface area (TPSA) is 47.4 Å². The molecule has 0 radical (unpaired) electrons. The molecule has 20 heavy (non-hydrogen) atoms. The molecular formula is C15H25N3O2. The second kappa shape index (κ2) is 5.95. The molecule has 0 aromatic carbocycles. The number of nitrogens with zero attached hydrogens (tertiary/aromatic N) is 3. The van der Waals surface area contributed by atoms with Gasteiger partial charge in [-0.25, -0.2) is 0 Å². The minimum atomic E-state index is -0.419. The summed E-state index contributed by atoms with van der Waals surface area (Å²) in [6.45, 7) is 0. The van der Waals surface area contributed by atoms with Crippen molar-refractivity contribution >= 4 is 5.78 Å². The Hall–Kier alpha value is -1.36. The molecule has 0 spiro atoms. The highest BCUT2D eigenvalue weighted by atomic mass is 16.5. The third kappa shape index (κ3) is 2.46. The number of Topliss-reactive ketones (excluding diaryl/α,β-unsaturated/α-hetero) is 1. The fourth-order valence-corrected chi connectivity index (χ4v) is 3.24. The molecule has 1 aromatic heterocycles. The van der Waals surface area contributed by atoms with Crippen LogP contribution in [-0.2, 0) is 7.05 Å². The molecule has 1 aliphatic carbocycles. The molecule has 1 saturated carbocycles. The number of hydrogen-bond donors (Lipinski definition) is 0. The summed E-state index contributed by atoms with van der Waals surface area (Å²) in [5.74, 6) is 0.712. The van der Waals surface area contributed by atoms with Gasteiger partial charge in [0.1, 0.15) is 5.69 Å². The lowest BCUT2D eigenvalue weighted by atomic mass is 9.82. The maximum atomic E-state index is 13.2. The number of hydrogen-bond acceptors (Lipinski definition) is 4. The van der Waals surface area contributed by atoms with Gasteiger partial charge in [0.05, 0.1) is 18.8 Å². The third-order valence-electron chi connectivity index (χ3n) is 4.55. The van der Waals surface area contributed by atoms with E-state index in [9.17, 15) is 4.79 Å². The minimum Gasteiger partial charge on any atom is -0.493 e. The summed E-state index contributed by atoms with van der Waals surface area (Å²) in [5.41, 5.74) is 0.167. The van der Waals surface area contributed by atoms with Crippen LogP contribution in [0.25, 0.3) is 0 Å². The molecule has 5 heteroatoms. The highest BCUT2D eigenvalue weighted by molar-refractivity contribution is 6.04. The van der Waals surface area contributed by atoms with Gasteiger partial charge in [-0.3, -0.25) is 14.4 Å². The second-order valence-electron chi connectivity index (χ2n) is 5.85. The number of likely N-dealkylation sites (N-methyl/N-ethyl adjacent to an activating group) is 1. The maximum absolute atomic E-state index is 13.2. The van der Waals surface area contributed by atoms with E-state index in [1.54, 1.807) is 25.0 Å².